The molecule has 0 unspecified atom stereocenters. The molecular weight excluding hydrogens is 442 g/mol. The molecule has 19 heavy (non-hydrogen) atoms. The normalized spacial score (nSPS) is 8.32. The molecule has 0 radical (unpaired) electrons. The first-order valence-corrected chi connectivity index (χ1v) is 5.81. The van der Waals surface area contributed by atoms with Gasteiger partial charge in [-0.2, -0.15) is 34.4 Å². The van der Waals surface area contributed by atoms with Gasteiger partial charge in [0.1, 0.15) is 0 Å². The summed E-state index contributed by atoms with van der Waals surface area (Å²) in [7, 11) is 0. The van der Waals surface area contributed by atoms with Crippen LogP contribution in [0, 0.1) is 41.5 Å². The SMILES string of the molecule is Cc1cc(C)[c-](C)c1.Cc1cc(C)[c-](C)c1.[Cl-].[Cl-].[Hf+4]. The second-order valence-corrected chi connectivity index (χ2v) is 4.80. The first-order chi connectivity index (χ1) is 7.40. The van der Waals surface area contributed by atoms with Crippen LogP contribution in [0.4, 0.5) is 0 Å². The van der Waals surface area contributed by atoms with E-state index in [2.05, 4.69) is 65.8 Å². The molecule has 2 aromatic carbocycles. The van der Waals surface area contributed by atoms with Gasteiger partial charge >= 0.3 is 25.8 Å². The van der Waals surface area contributed by atoms with Crippen LogP contribution in [0.2, 0.25) is 0 Å². The van der Waals surface area contributed by atoms with Crippen molar-refractivity contribution in [1.29, 1.82) is 0 Å². The van der Waals surface area contributed by atoms with E-state index in [4.69, 9.17) is 0 Å². The molecule has 0 nitrogen and oxygen atoms in total. The van der Waals surface area contributed by atoms with E-state index < -0.39 is 0 Å². The maximum Gasteiger partial charge on any atom is 4.00 e. The van der Waals surface area contributed by atoms with Crippen molar-refractivity contribution in [2.75, 3.05) is 0 Å². The molecule has 0 aliphatic rings. The Labute approximate surface area is 149 Å². The zero-order valence-corrected chi connectivity index (χ0v) is 17.7. The van der Waals surface area contributed by atoms with Gasteiger partial charge in [0.05, 0.1) is 0 Å². The van der Waals surface area contributed by atoms with Crippen molar-refractivity contribution in [3.05, 3.63) is 57.6 Å². The molecule has 3 heteroatoms. The van der Waals surface area contributed by atoms with Crippen LogP contribution in [0.3, 0.4) is 0 Å². The first-order valence-electron chi connectivity index (χ1n) is 5.81. The van der Waals surface area contributed by atoms with E-state index >= 15 is 0 Å². The second kappa shape index (κ2) is 10.9. The minimum absolute atomic E-state index is 0. The van der Waals surface area contributed by atoms with Gasteiger partial charge in [0, 0.05) is 0 Å². The average molecular weight is 464 g/mol. The smallest absolute Gasteiger partial charge is 1.00 e. The van der Waals surface area contributed by atoms with Crippen LogP contribution in [0.15, 0.2) is 24.3 Å². The molecule has 0 saturated heterocycles. The van der Waals surface area contributed by atoms with Crippen LogP contribution in [0.1, 0.15) is 33.4 Å². The van der Waals surface area contributed by atoms with Crippen molar-refractivity contribution in [3.63, 3.8) is 0 Å². The van der Waals surface area contributed by atoms with Crippen molar-refractivity contribution < 1.29 is 50.7 Å². The Balaban J connectivity index is -0.000000233. The van der Waals surface area contributed by atoms with Gasteiger partial charge in [-0.3, -0.25) is 0 Å². The fraction of sp³-hybridized carbons (Fsp3) is 0.375. The van der Waals surface area contributed by atoms with Crippen LogP contribution in [0.25, 0.3) is 0 Å². The zero-order chi connectivity index (χ0) is 12.3. The van der Waals surface area contributed by atoms with E-state index in [-0.39, 0.29) is 50.7 Å². The molecular formula is C16H22Cl2Hf. The Morgan fingerprint density at radius 1 is 0.684 bits per heavy atom. The predicted octanol–water partition coefficient (Wildman–Crippen LogP) is -1.33. The van der Waals surface area contributed by atoms with E-state index in [1.807, 2.05) is 0 Å². The summed E-state index contributed by atoms with van der Waals surface area (Å²) in [5.74, 6) is 0. The van der Waals surface area contributed by atoms with Crippen molar-refractivity contribution in [1.82, 2.24) is 0 Å². The van der Waals surface area contributed by atoms with Gasteiger partial charge in [-0.25, -0.2) is 23.3 Å². The van der Waals surface area contributed by atoms with Crippen LogP contribution in [-0.4, -0.2) is 0 Å². The molecule has 2 aromatic rings. The summed E-state index contributed by atoms with van der Waals surface area (Å²) >= 11 is 0. The standard InChI is InChI=1S/2C8H11.2ClH.Hf/c2*1-6-4-7(2)8(3)5-6;;;/h2*4-5H,1-3H3;2*1H;/q2*-1;;;+4/p-2. The molecule has 0 fully saturated rings. The fourth-order valence-corrected chi connectivity index (χ4v) is 1.90. The van der Waals surface area contributed by atoms with Gasteiger partial charge in [-0.15, -0.1) is 0 Å². The summed E-state index contributed by atoms with van der Waals surface area (Å²) in [6.45, 7) is 12.8. The zero-order valence-electron chi connectivity index (χ0n) is 12.6. The predicted molar refractivity (Wildman–Crippen MR) is 72.5 cm³/mol. The van der Waals surface area contributed by atoms with Crippen LogP contribution < -0.4 is 24.8 Å². The molecule has 0 aromatic heterocycles. The number of halogens is 2. The van der Waals surface area contributed by atoms with Crippen molar-refractivity contribution in [3.8, 4) is 0 Å². The molecule has 0 saturated carbocycles. The van der Waals surface area contributed by atoms with E-state index in [0.29, 0.717) is 0 Å². The summed E-state index contributed by atoms with van der Waals surface area (Å²) < 4.78 is 0. The number of hydrogen-bond donors (Lipinski definition) is 0. The quantitative estimate of drug-likeness (QED) is 0.335. The van der Waals surface area contributed by atoms with E-state index in [0.717, 1.165) is 0 Å². The Kier molecular flexibility index (Phi) is 13.9. The molecule has 0 bridgehead atoms. The third-order valence-corrected chi connectivity index (χ3v) is 3.02. The second-order valence-electron chi connectivity index (χ2n) is 4.80. The van der Waals surface area contributed by atoms with Crippen molar-refractivity contribution in [2.45, 2.75) is 41.5 Å². The molecule has 0 amide bonds. The van der Waals surface area contributed by atoms with Gasteiger partial charge in [-0.05, 0) is 0 Å². The fourth-order valence-electron chi connectivity index (χ4n) is 1.90. The Morgan fingerprint density at radius 2 is 0.947 bits per heavy atom. The summed E-state index contributed by atoms with van der Waals surface area (Å²) in [4.78, 5) is 0. The molecule has 0 atom stereocenters. The van der Waals surface area contributed by atoms with Gasteiger partial charge in [0.25, 0.3) is 0 Å². The van der Waals surface area contributed by atoms with Gasteiger partial charge in [-0.1, -0.05) is 41.5 Å². The molecule has 0 spiro atoms. The molecule has 2 rings (SSSR count). The minimum atomic E-state index is 0. The van der Waals surface area contributed by atoms with Crippen LogP contribution >= 0.6 is 0 Å². The number of aryl methyl sites for hydroxylation is 6. The van der Waals surface area contributed by atoms with Gasteiger partial charge < -0.3 is 24.8 Å². The first kappa shape index (κ1) is 24.2. The maximum atomic E-state index is 2.20. The summed E-state index contributed by atoms with van der Waals surface area (Å²) in [6, 6.07) is 8.81. The van der Waals surface area contributed by atoms with Crippen molar-refractivity contribution in [2.24, 2.45) is 0 Å². The maximum absolute atomic E-state index is 2.20. The van der Waals surface area contributed by atoms with E-state index in [1.54, 1.807) is 0 Å². The van der Waals surface area contributed by atoms with Crippen LogP contribution in [-0.2, 0) is 25.8 Å². The monoisotopic (exact) mass is 464 g/mol. The summed E-state index contributed by atoms with van der Waals surface area (Å²) in [5.41, 5.74) is 8.37. The van der Waals surface area contributed by atoms with Gasteiger partial charge in [0.15, 0.2) is 0 Å². The summed E-state index contributed by atoms with van der Waals surface area (Å²) in [5, 5.41) is 0. The Bertz CT molecular complexity index is 384. The van der Waals surface area contributed by atoms with E-state index in [9.17, 15) is 0 Å². The molecule has 0 N–H and O–H groups in total. The third-order valence-electron chi connectivity index (χ3n) is 3.02. The molecule has 0 heterocycles. The van der Waals surface area contributed by atoms with Crippen molar-refractivity contribution >= 4 is 0 Å². The molecule has 0 aliphatic carbocycles. The van der Waals surface area contributed by atoms with E-state index in [1.165, 1.54) is 33.4 Å². The third kappa shape index (κ3) is 8.12. The average Bonchev–Trinajstić information content (AvgIpc) is 2.58. The largest absolute Gasteiger partial charge is 4.00 e. The Hall–Kier alpha value is 0.150. The Morgan fingerprint density at radius 3 is 1.00 bits per heavy atom. The minimum Gasteiger partial charge on any atom is -1.00 e. The van der Waals surface area contributed by atoms with Crippen LogP contribution in [0.5, 0.6) is 0 Å². The van der Waals surface area contributed by atoms with Gasteiger partial charge in [0.2, 0.25) is 0 Å². The number of rotatable bonds is 0. The summed E-state index contributed by atoms with van der Waals surface area (Å²) in [6.07, 6.45) is 0. The topological polar surface area (TPSA) is 0 Å². The molecule has 0 aliphatic heterocycles. The molecule has 104 valence electrons. The number of hydrogen-bond acceptors (Lipinski definition) is 0.